The highest BCUT2D eigenvalue weighted by Crippen LogP contribution is 2.17. The fourth-order valence-corrected chi connectivity index (χ4v) is 2.43. The van der Waals surface area contributed by atoms with E-state index in [1.165, 1.54) is 5.56 Å². The van der Waals surface area contributed by atoms with Gasteiger partial charge in [0.2, 0.25) is 0 Å². The molecule has 0 aliphatic carbocycles. The van der Waals surface area contributed by atoms with Gasteiger partial charge < -0.3 is 15.5 Å². The summed E-state index contributed by atoms with van der Waals surface area (Å²) in [5.41, 5.74) is 4.35. The monoisotopic (exact) mass is 326 g/mol. The maximum atomic E-state index is 12.4. The molecule has 2 aromatic rings. The smallest absolute Gasteiger partial charge is 0.274 e. The van der Waals surface area contributed by atoms with Crippen LogP contribution in [0.15, 0.2) is 36.5 Å². The summed E-state index contributed by atoms with van der Waals surface area (Å²) in [6.45, 7) is 5.91. The summed E-state index contributed by atoms with van der Waals surface area (Å²) in [6.07, 6.45) is 2.70. The van der Waals surface area contributed by atoms with Crippen molar-refractivity contribution in [2.24, 2.45) is 0 Å². The number of carbonyl (C=O) groups excluding carboxylic acids is 1. The van der Waals surface area contributed by atoms with Crippen molar-refractivity contribution in [3.8, 4) is 0 Å². The quantitative estimate of drug-likeness (QED) is 0.767. The van der Waals surface area contributed by atoms with Crippen LogP contribution in [-0.4, -0.2) is 43.0 Å². The molecule has 0 aliphatic rings. The van der Waals surface area contributed by atoms with Gasteiger partial charge in [-0.05, 0) is 64.7 Å². The van der Waals surface area contributed by atoms with Crippen LogP contribution in [0.1, 0.15) is 28.0 Å². The Morgan fingerprint density at radius 3 is 2.67 bits per heavy atom. The van der Waals surface area contributed by atoms with Crippen LogP contribution in [0.5, 0.6) is 0 Å². The first kappa shape index (κ1) is 17.9. The van der Waals surface area contributed by atoms with Gasteiger partial charge in [-0.15, -0.1) is 0 Å². The highest BCUT2D eigenvalue weighted by Gasteiger charge is 2.10. The van der Waals surface area contributed by atoms with E-state index in [1.807, 2.05) is 38.1 Å². The molecule has 0 saturated heterocycles. The van der Waals surface area contributed by atoms with E-state index in [-0.39, 0.29) is 5.91 Å². The zero-order chi connectivity index (χ0) is 17.5. The maximum absolute atomic E-state index is 12.4. The first-order chi connectivity index (χ1) is 11.5. The van der Waals surface area contributed by atoms with Gasteiger partial charge >= 0.3 is 0 Å². The predicted octanol–water partition coefficient (Wildman–Crippen LogP) is 3.31. The number of carbonyl (C=O) groups is 1. The van der Waals surface area contributed by atoms with Crippen LogP contribution in [0.3, 0.4) is 0 Å². The third-order valence-electron chi connectivity index (χ3n) is 3.73. The van der Waals surface area contributed by atoms with Crippen LogP contribution in [0.2, 0.25) is 0 Å². The van der Waals surface area contributed by atoms with E-state index in [1.54, 1.807) is 12.3 Å². The normalized spacial score (nSPS) is 10.7. The minimum absolute atomic E-state index is 0.195. The van der Waals surface area contributed by atoms with E-state index >= 15 is 0 Å². The maximum Gasteiger partial charge on any atom is 0.274 e. The van der Waals surface area contributed by atoms with Crippen molar-refractivity contribution in [1.82, 2.24) is 9.88 Å². The second kappa shape index (κ2) is 8.45. The lowest BCUT2D eigenvalue weighted by atomic mass is 10.1. The molecule has 2 N–H and O–H groups in total. The SMILES string of the molecule is Cc1ccc(NC(=O)c2cc(NCCCN(C)C)ccn2)c(C)c1. The van der Waals surface area contributed by atoms with Crippen molar-refractivity contribution in [2.45, 2.75) is 20.3 Å². The number of nitrogens with one attached hydrogen (secondary N) is 2. The van der Waals surface area contributed by atoms with Gasteiger partial charge in [0.25, 0.3) is 5.91 Å². The first-order valence-corrected chi connectivity index (χ1v) is 8.19. The van der Waals surface area contributed by atoms with Crippen molar-refractivity contribution < 1.29 is 4.79 Å². The number of amides is 1. The highest BCUT2D eigenvalue weighted by atomic mass is 16.1. The van der Waals surface area contributed by atoms with Crippen LogP contribution in [0, 0.1) is 13.8 Å². The van der Waals surface area contributed by atoms with Gasteiger partial charge in [-0.2, -0.15) is 0 Å². The molecule has 5 heteroatoms. The minimum Gasteiger partial charge on any atom is -0.385 e. The molecule has 0 saturated carbocycles. The molecule has 0 unspecified atom stereocenters. The third-order valence-corrected chi connectivity index (χ3v) is 3.73. The molecule has 0 aliphatic heterocycles. The van der Waals surface area contributed by atoms with E-state index in [0.29, 0.717) is 5.69 Å². The minimum atomic E-state index is -0.195. The Labute approximate surface area is 144 Å². The van der Waals surface area contributed by atoms with Crippen molar-refractivity contribution >= 4 is 17.3 Å². The molecular formula is C19H26N4O. The third kappa shape index (κ3) is 5.35. The Morgan fingerprint density at radius 1 is 1.17 bits per heavy atom. The number of anilines is 2. The van der Waals surface area contributed by atoms with Gasteiger partial charge in [-0.1, -0.05) is 17.7 Å². The summed E-state index contributed by atoms with van der Waals surface area (Å²) in [5, 5.41) is 6.26. The van der Waals surface area contributed by atoms with Gasteiger partial charge in [0.1, 0.15) is 5.69 Å². The number of benzene rings is 1. The van der Waals surface area contributed by atoms with E-state index < -0.39 is 0 Å². The Morgan fingerprint density at radius 2 is 1.96 bits per heavy atom. The van der Waals surface area contributed by atoms with Crippen molar-refractivity contribution in [3.63, 3.8) is 0 Å². The predicted molar refractivity (Wildman–Crippen MR) is 99.8 cm³/mol. The number of hydrogen-bond acceptors (Lipinski definition) is 4. The number of aromatic nitrogens is 1. The number of hydrogen-bond donors (Lipinski definition) is 2. The summed E-state index contributed by atoms with van der Waals surface area (Å²) in [5.74, 6) is -0.195. The van der Waals surface area contributed by atoms with E-state index in [0.717, 1.165) is 36.4 Å². The standard InChI is InChI=1S/C19H26N4O/c1-14-6-7-17(15(2)12-14)22-19(24)18-13-16(8-10-21-18)20-9-5-11-23(3)4/h6-8,10,12-13H,5,9,11H2,1-4H3,(H,20,21)(H,22,24). The summed E-state index contributed by atoms with van der Waals surface area (Å²) in [7, 11) is 4.11. The topological polar surface area (TPSA) is 57.3 Å². The molecule has 0 radical (unpaired) electrons. The Hall–Kier alpha value is -2.40. The van der Waals surface area contributed by atoms with Crippen molar-refractivity contribution in [3.05, 3.63) is 53.3 Å². The first-order valence-electron chi connectivity index (χ1n) is 8.19. The molecule has 1 heterocycles. The van der Waals surface area contributed by atoms with E-state index in [9.17, 15) is 4.79 Å². The number of nitrogens with zero attached hydrogens (tertiary/aromatic N) is 2. The fourth-order valence-electron chi connectivity index (χ4n) is 2.43. The van der Waals surface area contributed by atoms with Crippen LogP contribution in [-0.2, 0) is 0 Å². The van der Waals surface area contributed by atoms with Crippen LogP contribution in [0.4, 0.5) is 11.4 Å². The molecule has 5 nitrogen and oxygen atoms in total. The van der Waals surface area contributed by atoms with Gasteiger partial charge in [0.05, 0.1) is 0 Å². The number of pyridine rings is 1. The molecule has 0 atom stereocenters. The van der Waals surface area contributed by atoms with E-state index in [4.69, 9.17) is 0 Å². The lowest BCUT2D eigenvalue weighted by Crippen LogP contribution is -2.17. The van der Waals surface area contributed by atoms with Gasteiger partial charge in [-0.25, -0.2) is 0 Å². The zero-order valence-electron chi connectivity index (χ0n) is 14.9. The molecular weight excluding hydrogens is 300 g/mol. The summed E-state index contributed by atoms with van der Waals surface area (Å²) in [4.78, 5) is 18.7. The average Bonchev–Trinajstić information content (AvgIpc) is 2.54. The van der Waals surface area contributed by atoms with Gasteiger partial charge in [0.15, 0.2) is 0 Å². The summed E-state index contributed by atoms with van der Waals surface area (Å²) < 4.78 is 0. The van der Waals surface area contributed by atoms with Crippen LogP contribution >= 0.6 is 0 Å². The molecule has 0 spiro atoms. The summed E-state index contributed by atoms with van der Waals surface area (Å²) >= 11 is 0. The second-order valence-electron chi connectivity index (χ2n) is 6.29. The van der Waals surface area contributed by atoms with Gasteiger partial charge in [-0.3, -0.25) is 9.78 Å². The van der Waals surface area contributed by atoms with Gasteiger partial charge in [0, 0.05) is 24.1 Å². The molecule has 1 aromatic carbocycles. The van der Waals surface area contributed by atoms with Crippen molar-refractivity contribution in [1.29, 1.82) is 0 Å². The number of aryl methyl sites for hydroxylation is 2. The molecule has 1 amide bonds. The lowest BCUT2D eigenvalue weighted by molar-refractivity contribution is 0.102. The Bertz CT molecular complexity index is 698. The van der Waals surface area contributed by atoms with Crippen LogP contribution in [0.25, 0.3) is 0 Å². The van der Waals surface area contributed by atoms with E-state index in [2.05, 4.69) is 34.6 Å². The highest BCUT2D eigenvalue weighted by molar-refractivity contribution is 6.03. The fraction of sp³-hybridized carbons (Fsp3) is 0.368. The average molecular weight is 326 g/mol. The summed E-state index contributed by atoms with van der Waals surface area (Å²) in [6, 6.07) is 9.62. The molecule has 0 fully saturated rings. The number of rotatable bonds is 7. The van der Waals surface area contributed by atoms with Crippen molar-refractivity contribution in [2.75, 3.05) is 37.8 Å². The Kier molecular flexibility index (Phi) is 6.32. The van der Waals surface area contributed by atoms with Crippen LogP contribution < -0.4 is 10.6 Å². The Balaban J connectivity index is 1.98. The zero-order valence-corrected chi connectivity index (χ0v) is 14.9. The second-order valence-corrected chi connectivity index (χ2v) is 6.29. The molecule has 24 heavy (non-hydrogen) atoms. The molecule has 0 bridgehead atoms. The lowest BCUT2D eigenvalue weighted by Gasteiger charge is -2.12. The molecule has 1 aromatic heterocycles. The molecule has 128 valence electrons. The molecule has 2 rings (SSSR count). The largest absolute Gasteiger partial charge is 0.385 e.